The largest absolute Gasteiger partial charge is 0.356 e. The van der Waals surface area contributed by atoms with Crippen LogP contribution in [0.15, 0.2) is 0 Å². The Morgan fingerprint density at radius 3 is 2.29 bits per heavy atom. The fourth-order valence-electron chi connectivity index (χ4n) is 1.25. The molecule has 17 heavy (non-hydrogen) atoms. The molecule has 0 heterocycles. The fourth-order valence-corrected chi connectivity index (χ4v) is 1.25. The summed E-state index contributed by atoms with van der Waals surface area (Å²) < 4.78 is 0. The van der Waals surface area contributed by atoms with Gasteiger partial charge in [0.2, 0.25) is 11.8 Å². The van der Waals surface area contributed by atoms with E-state index in [4.69, 9.17) is 5.73 Å². The number of hydrogen-bond acceptors (Lipinski definition) is 3. The smallest absolute Gasteiger partial charge is 0.227 e. The van der Waals surface area contributed by atoms with Crippen LogP contribution in [0, 0.1) is 5.41 Å². The Hall–Kier alpha value is -1.10. The Kier molecular flexibility index (Phi) is 7.54. The normalized spacial score (nSPS) is 13.9. The van der Waals surface area contributed by atoms with Crippen LogP contribution in [0.4, 0.5) is 0 Å². The van der Waals surface area contributed by atoms with Gasteiger partial charge in [0, 0.05) is 26.1 Å². The minimum Gasteiger partial charge on any atom is -0.356 e. The second kappa shape index (κ2) is 8.06. The van der Waals surface area contributed by atoms with Gasteiger partial charge in [0.15, 0.2) is 0 Å². The van der Waals surface area contributed by atoms with Crippen molar-refractivity contribution in [3.8, 4) is 0 Å². The molecule has 0 rings (SSSR count). The molecule has 0 aromatic heterocycles. The van der Waals surface area contributed by atoms with E-state index in [1.54, 1.807) is 0 Å². The first-order valence-electron chi connectivity index (χ1n) is 6.25. The number of carbonyl (C=O) groups is 2. The van der Waals surface area contributed by atoms with Crippen molar-refractivity contribution in [2.45, 2.75) is 40.0 Å². The molecule has 0 aromatic carbocycles. The van der Waals surface area contributed by atoms with Gasteiger partial charge >= 0.3 is 0 Å². The summed E-state index contributed by atoms with van der Waals surface area (Å²) in [4.78, 5) is 23.1. The zero-order chi connectivity index (χ0) is 13.3. The lowest BCUT2D eigenvalue weighted by atomic mass is 9.87. The monoisotopic (exact) mass is 243 g/mol. The Labute approximate surface area is 104 Å². The number of carbonyl (C=O) groups excluding carboxylic acids is 2. The van der Waals surface area contributed by atoms with Gasteiger partial charge in [0.1, 0.15) is 0 Å². The summed E-state index contributed by atoms with van der Waals surface area (Å²) in [5.41, 5.74) is 5.05. The molecular formula is C12H25N3O2. The lowest BCUT2D eigenvalue weighted by Crippen LogP contribution is -2.44. The maximum absolute atomic E-state index is 11.8. The first kappa shape index (κ1) is 15.9. The van der Waals surface area contributed by atoms with Crippen LogP contribution in [0.3, 0.4) is 0 Å². The zero-order valence-corrected chi connectivity index (χ0v) is 11.1. The molecule has 100 valence electrons. The fraction of sp³-hybridized carbons (Fsp3) is 0.833. The summed E-state index contributed by atoms with van der Waals surface area (Å²) in [7, 11) is 0. The number of amides is 2. The molecule has 0 bridgehead atoms. The van der Waals surface area contributed by atoms with Gasteiger partial charge < -0.3 is 16.4 Å². The first-order chi connectivity index (χ1) is 8.00. The molecule has 0 fully saturated rings. The van der Waals surface area contributed by atoms with E-state index in [1.807, 2.05) is 20.8 Å². The van der Waals surface area contributed by atoms with E-state index in [9.17, 15) is 9.59 Å². The molecule has 0 aliphatic heterocycles. The van der Waals surface area contributed by atoms with E-state index in [-0.39, 0.29) is 11.8 Å². The topological polar surface area (TPSA) is 84.2 Å². The molecule has 0 aromatic rings. The molecule has 0 spiro atoms. The van der Waals surface area contributed by atoms with Crippen LogP contribution >= 0.6 is 0 Å². The van der Waals surface area contributed by atoms with Crippen LogP contribution < -0.4 is 16.4 Å². The van der Waals surface area contributed by atoms with Gasteiger partial charge in [-0.05, 0) is 19.8 Å². The summed E-state index contributed by atoms with van der Waals surface area (Å²) in [5.74, 6) is -0.108. The van der Waals surface area contributed by atoms with Crippen molar-refractivity contribution in [3.05, 3.63) is 0 Å². The van der Waals surface area contributed by atoms with Crippen molar-refractivity contribution in [2.75, 3.05) is 19.6 Å². The maximum Gasteiger partial charge on any atom is 0.227 e. The van der Waals surface area contributed by atoms with E-state index < -0.39 is 5.41 Å². The molecule has 0 radical (unpaired) electrons. The van der Waals surface area contributed by atoms with E-state index >= 15 is 0 Å². The number of nitrogens with two attached hydrogens (primary N) is 1. The predicted molar refractivity (Wildman–Crippen MR) is 68.4 cm³/mol. The van der Waals surface area contributed by atoms with Crippen molar-refractivity contribution in [1.82, 2.24) is 10.6 Å². The second-order valence-electron chi connectivity index (χ2n) is 4.47. The maximum atomic E-state index is 11.8. The molecule has 0 saturated carbocycles. The van der Waals surface area contributed by atoms with E-state index in [1.165, 1.54) is 0 Å². The van der Waals surface area contributed by atoms with Crippen molar-refractivity contribution < 1.29 is 9.59 Å². The van der Waals surface area contributed by atoms with Crippen molar-refractivity contribution >= 4 is 11.8 Å². The van der Waals surface area contributed by atoms with E-state index in [0.29, 0.717) is 32.5 Å². The summed E-state index contributed by atoms with van der Waals surface area (Å²) in [6, 6.07) is 0. The molecule has 1 atom stereocenters. The highest BCUT2D eigenvalue weighted by atomic mass is 16.2. The zero-order valence-electron chi connectivity index (χ0n) is 11.1. The number of rotatable bonds is 8. The minimum absolute atomic E-state index is 0.0295. The molecular weight excluding hydrogens is 218 g/mol. The van der Waals surface area contributed by atoms with Crippen molar-refractivity contribution in [2.24, 2.45) is 11.1 Å². The molecule has 4 N–H and O–H groups in total. The number of hydrogen-bond donors (Lipinski definition) is 3. The highest BCUT2D eigenvalue weighted by Crippen LogP contribution is 2.18. The third-order valence-electron chi connectivity index (χ3n) is 2.99. The summed E-state index contributed by atoms with van der Waals surface area (Å²) >= 11 is 0. The Morgan fingerprint density at radius 2 is 1.82 bits per heavy atom. The Bertz CT molecular complexity index is 250. The van der Waals surface area contributed by atoms with Crippen molar-refractivity contribution in [1.29, 1.82) is 0 Å². The van der Waals surface area contributed by atoms with Crippen LogP contribution in [-0.4, -0.2) is 31.4 Å². The van der Waals surface area contributed by atoms with Gasteiger partial charge in [-0.2, -0.15) is 0 Å². The predicted octanol–water partition coefficient (Wildman–Crippen LogP) is 0.394. The SMILES string of the molecule is CCCNC(=O)CCNC(=O)C(C)(CC)CN. The Balaban J connectivity index is 3.89. The lowest BCUT2D eigenvalue weighted by Gasteiger charge is -2.24. The molecule has 5 nitrogen and oxygen atoms in total. The third kappa shape index (κ3) is 5.68. The highest BCUT2D eigenvalue weighted by Gasteiger charge is 2.29. The molecule has 0 saturated heterocycles. The van der Waals surface area contributed by atoms with E-state index in [0.717, 1.165) is 6.42 Å². The van der Waals surface area contributed by atoms with Gasteiger partial charge in [0.25, 0.3) is 0 Å². The standard InChI is InChI=1S/C12H25N3O2/c1-4-7-14-10(16)6-8-15-11(17)12(3,5-2)9-13/h4-9,13H2,1-3H3,(H,14,16)(H,15,17). The highest BCUT2D eigenvalue weighted by molar-refractivity contribution is 5.83. The van der Waals surface area contributed by atoms with Crippen molar-refractivity contribution in [3.63, 3.8) is 0 Å². The summed E-state index contributed by atoms with van der Waals surface area (Å²) in [6.07, 6.45) is 1.92. The quantitative estimate of drug-likeness (QED) is 0.576. The lowest BCUT2D eigenvalue weighted by molar-refractivity contribution is -0.130. The molecule has 0 aliphatic carbocycles. The van der Waals surface area contributed by atoms with Crippen LogP contribution in [0.1, 0.15) is 40.0 Å². The minimum atomic E-state index is -0.528. The molecule has 0 aliphatic rings. The molecule has 5 heteroatoms. The van der Waals surface area contributed by atoms with Crippen LogP contribution in [0.25, 0.3) is 0 Å². The van der Waals surface area contributed by atoms with Gasteiger partial charge in [-0.1, -0.05) is 13.8 Å². The van der Waals surface area contributed by atoms with Gasteiger partial charge in [-0.3, -0.25) is 9.59 Å². The van der Waals surface area contributed by atoms with Gasteiger partial charge in [-0.25, -0.2) is 0 Å². The van der Waals surface area contributed by atoms with E-state index in [2.05, 4.69) is 10.6 Å². The average Bonchev–Trinajstić information content (AvgIpc) is 2.35. The molecule has 2 amide bonds. The number of nitrogens with one attached hydrogen (secondary N) is 2. The summed E-state index contributed by atoms with van der Waals surface area (Å²) in [6.45, 7) is 7.12. The van der Waals surface area contributed by atoms with Crippen LogP contribution in [-0.2, 0) is 9.59 Å². The summed E-state index contributed by atoms with van der Waals surface area (Å²) in [5, 5.41) is 5.51. The van der Waals surface area contributed by atoms with Gasteiger partial charge in [-0.15, -0.1) is 0 Å². The van der Waals surface area contributed by atoms with Crippen LogP contribution in [0.5, 0.6) is 0 Å². The van der Waals surface area contributed by atoms with Gasteiger partial charge in [0.05, 0.1) is 5.41 Å². The second-order valence-corrected chi connectivity index (χ2v) is 4.47. The first-order valence-corrected chi connectivity index (χ1v) is 6.25. The molecule has 1 unspecified atom stereocenters. The Morgan fingerprint density at radius 1 is 1.18 bits per heavy atom. The average molecular weight is 243 g/mol. The third-order valence-corrected chi connectivity index (χ3v) is 2.99. The van der Waals surface area contributed by atoms with Crippen LogP contribution in [0.2, 0.25) is 0 Å².